The predicted molar refractivity (Wildman–Crippen MR) is 303 cm³/mol. The van der Waals surface area contributed by atoms with Crippen molar-refractivity contribution in [2.24, 2.45) is 5.41 Å². The lowest BCUT2D eigenvalue weighted by atomic mass is 9.33. The smallest absolute Gasteiger partial charge is 0.252 e. The van der Waals surface area contributed by atoms with Crippen LogP contribution in [0.2, 0.25) is 0 Å². The third-order valence-corrected chi connectivity index (χ3v) is 18.0. The Bertz CT molecular complexity index is 3200. The number of aryl methyl sites for hydroxylation is 1. The molecule has 3 aliphatic heterocycles. The fourth-order valence-corrected chi connectivity index (χ4v) is 13.4. The molecule has 0 radical (unpaired) electrons. The molecule has 7 aromatic carbocycles. The van der Waals surface area contributed by atoms with E-state index in [1.165, 1.54) is 120 Å². The van der Waals surface area contributed by atoms with E-state index in [-0.39, 0.29) is 39.3 Å². The van der Waals surface area contributed by atoms with Gasteiger partial charge in [-0.3, -0.25) is 0 Å². The fourth-order valence-electron chi connectivity index (χ4n) is 13.4. The van der Waals surface area contributed by atoms with Crippen LogP contribution in [-0.4, -0.2) is 12.3 Å². The Morgan fingerprint density at radius 3 is 1.67 bits per heavy atom. The molecule has 0 N–H and O–H groups in total. The van der Waals surface area contributed by atoms with Crippen molar-refractivity contribution in [1.82, 2.24) is 0 Å². The van der Waals surface area contributed by atoms with Gasteiger partial charge in [-0.05, 0) is 159 Å². The molecule has 3 nitrogen and oxygen atoms in total. The minimum Gasteiger partial charge on any atom is -0.335 e. The largest absolute Gasteiger partial charge is 0.335 e. The molecule has 0 saturated heterocycles. The summed E-state index contributed by atoms with van der Waals surface area (Å²) in [7, 11) is 0. The van der Waals surface area contributed by atoms with Crippen LogP contribution in [0.15, 0.2) is 146 Å². The Morgan fingerprint density at radius 2 is 1.00 bits per heavy atom. The van der Waals surface area contributed by atoms with Crippen molar-refractivity contribution in [3.8, 4) is 11.1 Å². The topological polar surface area (TPSA) is 9.72 Å². The third-order valence-electron chi connectivity index (χ3n) is 18.0. The lowest BCUT2D eigenvalue weighted by Crippen LogP contribution is -2.67. The van der Waals surface area contributed by atoms with E-state index in [4.69, 9.17) is 0 Å². The average molecular weight is 920 g/mol. The SMILES string of the molecule is Cc1cc2c3c(c1)N(c1ccc(C(C)(C)C)cc1-c1ccccc1)c1cc(C(C)(C)C)ccc1B3c1ccc(N3c4ccccc4C(C)(C)C4(C)CCCCC34C)cc1N2c1ccc(C(C)(C)C)cc1. The molecule has 0 spiro atoms. The summed E-state index contributed by atoms with van der Waals surface area (Å²) in [5, 5.41) is 0. The highest BCUT2D eigenvalue weighted by Gasteiger charge is 2.62. The fraction of sp³-hybridized carbons (Fsp3) is 0.364. The maximum absolute atomic E-state index is 2.80. The molecule has 3 heterocycles. The molecule has 1 saturated carbocycles. The summed E-state index contributed by atoms with van der Waals surface area (Å²) in [6.45, 7) is 33.5. The maximum Gasteiger partial charge on any atom is 0.252 e. The number of rotatable bonds is 4. The molecule has 11 rings (SSSR count). The van der Waals surface area contributed by atoms with Crippen LogP contribution in [-0.2, 0) is 21.7 Å². The molecule has 356 valence electrons. The van der Waals surface area contributed by atoms with Gasteiger partial charge in [0.25, 0.3) is 6.71 Å². The van der Waals surface area contributed by atoms with Crippen molar-refractivity contribution in [2.45, 2.75) is 150 Å². The number of hydrogen-bond donors (Lipinski definition) is 0. The van der Waals surface area contributed by atoms with Gasteiger partial charge in [-0.2, -0.15) is 0 Å². The van der Waals surface area contributed by atoms with Gasteiger partial charge in [0.05, 0.1) is 5.69 Å². The first-order valence-corrected chi connectivity index (χ1v) is 26.3. The van der Waals surface area contributed by atoms with Crippen LogP contribution in [0, 0.1) is 12.3 Å². The Balaban J connectivity index is 1.21. The van der Waals surface area contributed by atoms with Crippen molar-refractivity contribution >= 4 is 68.6 Å². The van der Waals surface area contributed by atoms with Gasteiger partial charge in [-0.1, -0.05) is 181 Å². The molecule has 4 heteroatoms. The highest BCUT2D eigenvalue weighted by atomic mass is 15.3. The minimum atomic E-state index is -0.0901. The molecular weight excluding hydrogens is 846 g/mol. The van der Waals surface area contributed by atoms with Gasteiger partial charge in [-0.15, -0.1) is 0 Å². The second kappa shape index (κ2) is 15.8. The van der Waals surface area contributed by atoms with Crippen molar-refractivity contribution in [2.75, 3.05) is 14.7 Å². The predicted octanol–water partition coefficient (Wildman–Crippen LogP) is 16.4. The summed E-state index contributed by atoms with van der Waals surface area (Å²) < 4.78 is 0. The second-order valence-corrected chi connectivity index (χ2v) is 25.5. The lowest BCUT2D eigenvalue weighted by molar-refractivity contribution is 0.0106. The summed E-state index contributed by atoms with van der Waals surface area (Å²) in [4.78, 5) is 8.06. The lowest BCUT2D eigenvalue weighted by Gasteiger charge is -2.66. The van der Waals surface area contributed by atoms with Crippen LogP contribution in [0.25, 0.3) is 11.1 Å². The minimum absolute atomic E-state index is 0.00814. The number of nitrogens with zero attached hydrogens (tertiary/aromatic N) is 3. The molecule has 2 atom stereocenters. The van der Waals surface area contributed by atoms with E-state index in [1.54, 1.807) is 0 Å². The molecular formula is C66H74BN3. The average Bonchev–Trinajstić information content (AvgIpc) is 3.31. The van der Waals surface area contributed by atoms with E-state index in [0.717, 1.165) is 6.42 Å². The zero-order chi connectivity index (χ0) is 49.5. The Hall–Kier alpha value is -6.00. The maximum atomic E-state index is 2.80. The summed E-state index contributed by atoms with van der Waals surface area (Å²) in [5.41, 5.74) is 23.2. The Kier molecular flexibility index (Phi) is 10.4. The van der Waals surface area contributed by atoms with E-state index in [2.05, 4.69) is 257 Å². The van der Waals surface area contributed by atoms with Gasteiger partial charge in [0, 0.05) is 56.3 Å². The highest BCUT2D eigenvalue weighted by molar-refractivity contribution is 7.00. The van der Waals surface area contributed by atoms with E-state index >= 15 is 0 Å². The zero-order valence-electron chi connectivity index (χ0n) is 44.6. The second-order valence-electron chi connectivity index (χ2n) is 25.5. The van der Waals surface area contributed by atoms with Gasteiger partial charge in [-0.25, -0.2) is 0 Å². The first kappa shape index (κ1) is 46.4. The molecule has 0 aromatic heterocycles. The molecule has 0 amide bonds. The Labute approximate surface area is 421 Å². The summed E-state index contributed by atoms with van der Waals surface area (Å²) in [6, 6.07) is 57.1. The third kappa shape index (κ3) is 6.89. The van der Waals surface area contributed by atoms with Crippen molar-refractivity contribution < 1.29 is 0 Å². The monoisotopic (exact) mass is 920 g/mol. The van der Waals surface area contributed by atoms with Gasteiger partial charge in [0.2, 0.25) is 0 Å². The van der Waals surface area contributed by atoms with E-state index in [1.807, 2.05) is 0 Å². The van der Waals surface area contributed by atoms with Crippen LogP contribution in [0.4, 0.5) is 45.5 Å². The summed E-state index contributed by atoms with van der Waals surface area (Å²) in [5.74, 6) is 0. The van der Waals surface area contributed by atoms with Crippen molar-refractivity contribution in [3.05, 3.63) is 173 Å². The van der Waals surface area contributed by atoms with Gasteiger partial charge < -0.3 is 14.7 Å². The van der Waals surface area contributed by atoms with E-state index in [0.29, 0.717) is 0 Å². The Morgan fingerprint density at radius 1 is 0.457 bits per heavy atom. The number of fused-ring (bicyclic) bond motifs is 6. The summed E-state index contributed by atoms with van der Waals surface area (Å²) >= 11 is 0. The van der Waals surface area contributed by atoms with Gasteiger partial charge >= 0.3 is 0 Å². The van der Waals surface area contributed by atoms with Gasteiger partial charge in [0.1, 0.15) is 0 Å². The molecule has 7 aromatic rings. The van der Waals surface area contributed by atoms with E-state index in [9.17, 15) is 0 Å². The van der Waals surface area contributed by atoms with Crippen LogP contribution in [0.3, 0.4) is 0 Å². The standard InChI is InChI=1S/C66H74BN3/c1-43-38-58-60-59(39-43)69(54-35-29-46(62(5,6)7)40-50(54)44-22-16-15-17-23-44)56-41-47(63(8,9)10)28-33-52(56)67(60)53-34-32-49(42-57(53)68(58)48-30-26-45(27-31-48)61(2,3)4)70-55-25-19-18-24-51(55)64(11,12)65(13)36-20-21-37-66(65,70)14/h15-19,22-35,38-42H,20-21,36-37H2,1-14H3. The van der Waals surface area contributed by atoms with Crippen LogP contribution < -0.4 is 31.1 Å². The van der Waals surface area contributed by atoms with Gasteiger partial charge in [0.15, 0.2) is 0 Å². The highest BCUT2D eigenvalue weighted by Crippen LogP contribution is 2.65. The first-order valence-electron chi connectivity index (χ1n) is 26.3. The molecule has 1 fully saturated rings. The molecule has 2 unspecified atom stereocenters. The normalized spacial score (nSPS) is 20.3. The molecule has 1 aliphatic carbocycles. The van der Waals surface area contributed by atoms with Crippen molar-refractivity contribution in [1.29, 1.82) is 0 Å². The molecule has 70 heavy (non-hydrogen) atoms. The number of anilines is 8. The number of hydrogen-bond acceptors (Lipinski definition) is 3. The summed E-state index contributed by atoms with van der Waals surface area (Å²) in [6.07, 6.45) is 4.88. The van der Waals surface area contributed by atoms with Crippen LogP contribution in [0.5, 0.6) is 0 Å². The van der Waals surface area contributed by atoms with Crippen LogP contribution >= 0.6 is 0 Å². The number of para-hydroxylation sites is 1. The van der Waals surface area contributed by atoms with Crippen LogP contribution in [0.1, 0.15) is 144 Å². The van der Waals surface area contributed by atoms with Crippen molar-refractivity contribution in [3.63, 3.8) is 0 Å². The molecule has 4 aliphatic rings. The van der Waals surface area contributed by atoms with E-state index < -0.39 is 0 Å². The zero-order valence-corrected chi connectivity index (χ0v) is 44.6. The quantitative estimate of drug-likeness (QED) is 0.163. The first-order chi connectivity index (χ1) is 33.0. The molecule has 0 bridgehead atoms. The number of benzene rings is 7.